The minimum Gasteiger partial charge on any atom is -0.338 e. The molecule has 1 fully saturated rings. The molecule has 0 atom stereocenters. The third-order valence-electron chi connectivity index (χ3n) is 3.96. The van der Waals surface area contributed by atoms with Gasteiger partial charge < -0.3 is 4.90 Å². The van der Waals surface area contributed by atoms with Crippen LogP contribution < -0.4 is 0 Å². The van der Waals surface area contributed by atoms with Crippen LogP contribution in [0.1, 0.15) is 31.2 Å². The second-order valence-corrected chi connectivity index (χ2v) is 8.20. The molecule has 0 aromatic heterocycles. The van der Waals surface area contributed by atoms with E-state index in [1.165, 1.54) is 25.5 Å². The third kappa shape index (κ3) is 5.50. The van der Waals surface area contributed by atoms with Crippen molar-refractivity contribution in [3.05, 3.63) is 35.9 Å². The van der Waals surface area contributed by atoms with Crippen LogP contribution in [0.15, 0.2) is 30.3 Å². The lowest BCUT2D eigenvalue weighted by molar-refractivity contribution is -0.132. The molecular weight excluding hydrogens is 286 g/mol. The van der Waals surface area contributed by atoms with Crippen molar-refractivity contribution >= 4 is 15.7 Å². The minimum atomic E-state index is -3.09. The number of rotatable bonds is 7. The fraction of sp³-hybridized carbons (Fsp3) is 0.562. The summed E-state index contributed by atoms with van der Waals surface area (Å²) in [6, 6.07) is 9.86. The molecule has 0 spiro atoms. The first-order valence-corrected chi connectivity index (χ1v) is 9.49. The molecule has 21 heavy (non-hydrogen) atoms. The maximum absolute atomic E-state index is 12.3. The van der Waals surface area contributed by atoms with Gasteiger partial charge in [-0.05, 0) is 24.3 Å². The topological polar surface area (TPSA) is 54.5 Å². The van der Waals surface area contributed by atoms with E-state index < -0.39 is 9.84 Å². The van der Waals surface area contributed by atoms with Crippen LogP contribution in [0.2, 0.25) is 0 Å². The lowest BCUT2D eigenvalue weighted by Gasteiger charge is -2.32. The number of hydrogen-bond acceptors (Lipinski definition) is 3. The van der Waals surface area contributed by atoms with E-state index >= 15 is 0 Å². The zero-order chi connectivity index (χ0) is 15.3. The summed E-state index contributed by atoms with van der Waals surface area (Å²) in [5, 5.41) is 0. The van der Waals surface area contributed by atoms with Crippen LogP contribution in [0, 0.1) is 5.92 Å². The molecule has 0 heterocycles. The summed E-state index contributed by atoms with van der Waals surface area (Å²) in [7, 11) is -3.09. The van der Waals surface area contributed by atoms with Crippen LogP contribution in [-0.2, 0) is 21.2 Å². The molecule has 0 bridgehead atoms. The van der Waals surface area contributed by atoms with Gasteiger partial charge in [-0.1, -0.05) is 36.8 Å². The van der Waals surface area contributed by atoms with Crippen molar-refractivity contribution in [2.45, 2.75) is 32.2 Å². The normalized spacial score (nSPS) is 15.5. The van der Waals surface area contributed by atoms with Crippen LogP contribution >= 0.6 is 0 Å². The molecule has 1 aliphatic carbocycles. The van der Waals surface area contributed by atoms with E-state index in [1.807, 2.05) is 35.2 Å². The van der Waals surface area contributed by atoms with E-state index in [4.69, 9.17) is 0 Å². The monoisotopic (exact) mass is 309 g/mol. The summed E-state index contributed by atoms with van der Waals surface area (Å²) in [6.07, 6.45) is 4.84. The lowest BCUT2D eigenvalue weighted by atomic mass is 9.85. The molecule has 0 radical (unpaired) electrons. The number of hydrogen-bond donors (Lipinski definition) is 0. The molecular formula is C16H23NO3S. The molecule has 5 heteroatoms. The highest BCUT2D eigenvalue weighted by Crippen LogP contribution is 2.27. The molecule has 116 valence electrons. The first-order chi connectivity index (χ1) is 9.94. The molecule has 1 aromatic rings. The fourth-order valence-electron chi connectivity index (χ4n) is 2.48. The van der Waals surface area contributed by atoms with Gasteiger partial charge in [-0.15, -0.1) is 0 Å². The predicted molar refractivity (Wildman–Crippen MR) is 83.5 cm³/mol. The van der Waals surface area contributed by atoms with Crippen LogP contribution in [0.3, 0.4) is 0 Å². The molecule has 1 aromatic carbocycles. The largest absolute Gasteiger partial charge is 0.338 e. The maximum atomic E-state index is 12.3. The number of amides is 1. The Hall–Kier alpha value is -1.36. The SMILES string of the molecule is CS(=O)(=O)CCC(=O)N(Cc1ccccc1)CC1CCC1. The van der Waals surface area contributed by atoms with Crippen molar-refractivity contribution in [2.24, 2.45) is 5.92 Å². The average Bonchev–Trinajstić information content (AvgIpc) is 2.39. The van der Waals surface area contributed by atoms with Gasteiger partial charge in [-0.3, -0.25) is 4.79 Å². The van der Waals surface area contributed by atoms with Crippen molar-refractivity contribution in [3.63, 3.8) is 0 Å². The van der Waals surface area contributed by atoms with E-state index in [-0.39, 0.29) is 18.1 Å². The van der Waals surface area contributed by atoms with Gasteiger partial charge in [0.15, 0.2) is 0 Å². The number of nitrogens with zero attached hydrogens (tertiary/aromatic N) is 1. The lowest BCUT2D eigenvalue weighted by Crippen LogP contribution is -2.37. The Bertz CT molecular complexity index is 564. The quantitative estimate of drug-likeness (QED) is 0.776. The molecule has 0 saturated heterocycles. The summed E-state index contributed by atoms with van der Waals surface area (Å²) < 4.78 is 22.5. The minimum absolute atomic E-state index is 0.0591. The second-order valence-electron chi connectivity index (χ2n) is 5.94. The Labute approximate surface area is 127 Å². The second kappa shape index (κ2) is 7.07. The van der Waals surface area contributed by atoms with Gasteiger partial charge in [0.1, 0.15) is 9.84 Å². The Balaban J connectivity index is 1.98. The smallest absolute Gasteiger partial charge is 0.223 e. The average molecular weight is 309 g/mol. The zero-order valence-electron chi connectivity index (χ0n) is 12.5. The van der Waals surface area contributed by atoms with Crippen molar-refractivity contribution in [3.8, 4) is 0 Å². The molecule has 1 saturated carbocycles. The fourth-order valence-corrected chi connectivity index (χ4v) is 3.02. The van der Waals surface area contributed by atoms with Crippen molar-refractivity contribution in [1.29, 1.82) is 0 Å². The third-order valence-corrected chi connectivity index (χ3v) is 4.90. The Kier molecular flexibility index (Phi) is 5.39. The Morgan fingerprint density at radius 1 is 1.24 bits per heavy atom. The number of sulfone groups is 1. The van der Waals surface area contributed by atoms with Gasteiger partial charge in [-0.2, -0.15) is 0 Å². The van der Waals surface area contributed by atoms with Crippen molar-refractivity contribution in [2.75, 3.05) is 18.6 Å². The molecule has 0 N–H and O–H groups in total. The van der Waals surface area contributed by atoms with E-state index in [2.05, 4.69) is 0 Å². The van der Waals surface area contributed by atoms with Crippen LogP contribution in [-0.4, -0.2) is 37.8 Å². The molecule has 4 nitrogen and oxygen atoms in total. The highest BCUT2D eigenvalue weighted by molar-refractivity contribution is 7.90. The van der Waals surface area contributed by atoms with Crippen molar-refractivity contribution < 1.29 is 13.2 Å². The summed E-state index contributed by atoms with van der Waals surface area (Å²) >= 11 is 0. The van der Waals surface area contributed by atoms with Gasteiger partial charge in [0.05, 0.1) is 5.75 Å². The van der Waals surface area contributed by atoms with Crippen LogP contribution in [0.4, 0.5) is 0 Å². The summed E-state index contributed by atoms with van der Waals surface area (Å²) in [4.78, 5) is 14.2. The summed E-state index contributed by atoms with van der Waals surface area (Å²) in [5.41, 5.74) is 1.09. The number of carbonyl (C=O) groups excluding carboxylic acids is 1. The number of benzene rings is 1. The van der Waals surface area contributed by atoms with Gasteiger partial charge in [0.2, 0.25) is 5.91 Å². The first kappa shape index (κ1) is 16.0. The van der Waals surface area contributed by atoms with E-state index in [0.717, 1.165) is 12.1 Å². The molecule has 0 unspecified atom stereocenters. The van der Waals surface area contributed by atoms with Gasteiger partial charge >= 0.3 is 0 Å². The highest BCUT2D eigenvalue weighted by atomic mass is 32.2. The van der Waals surface area contributed by atoms with Gasteiger partial charge in [-0.25, -0.2) is 8.42 Å². The number of carbonyl (C=O) groups is 1. The van der Waals surface area contributed by atoms with Crippen molar-refractivity contribution in [1.82, 2.24) is 4.90 Å². The van der Waals surface area contributed by atoms with Gasteiger partial charge in [0, 0.05) is 25.8 Å². The Morgan fingerprint density at radius 2 is 1.90 bits per heavy atom. The highest BCUT2D eigenvalue weighted by Gasteiger charge is 2.24. The van der Waals surface area contributed by atoms with Gasteiger partial charge in [0.25, 0.3) is 0 Å². The molecule has 2 rings (SSSR count). The first-order valence-electron chi connectivity index (χ1n) is 7.43. The maximum Gasteiger partial charge on any atom is 0.223 e. The predicted octanol–water partition coefficient (Wildman–Crippen LogP) is 2.25. The standard InChI is InChI=1S/C16H23NO3S/c1-21(19,20)11-10-16(18)17(13-15-8-5-9-15)12-14-6-3-2-4-7-14/h2-4,6-7,15H,5,8-13H2,1H3. The summed E-state index contributed by atoms with van der Waals surface area (Å²) in [5.74, 6) is 0.453. The van der Waals surface area contributed by atoms with Crippen LogP contribution in [0.5, 0.6) is 0 Å². The van der Waals surface area contributed by atoms with E-state index in [1.54, 1.807) is 0 Å². The Morgan fingerprint density at radius 3 is 2.43 bits per heavy atom. The van der Waals surface area contributed by atoms with E-state index in [0.29, 0.717) is 12.5 Å². The molecule has 0 aliphatic heterocycles. The molecule has 1 amide bonds. The zero-order valence-corrected chi connectivity index (χ0v) is 13.3. The van der Waals surface area contributed by atoms with Crippen LogP contribution in [0.25, 0.3) is 0 Å². The molecule has 1 aliphatic rings. The summed E-state index contributed by atoms with van der Waals surface area (Å²) in [6.45, 7) is 1.32. The van der Waals surface area contributed by atoms with E-state index in [9.17, 15) is 13.2 Å².